The van der Waals surface area contributed by atoms with Crippen molar-refractivity contribution in [1.29, 1.82) is 0 Å². The van der Waals surface area contributed by atoms with Crippen LogP contribution in [0.1, 0.15) is 46.8 Å². The largest absolute Gasteiger partial charge is 0.361 e. The summed E-state index contributed by atoms with van der Waals surface area (Å²) in [6, 6.07) is 15.7. The molecule has 0 amide bonds. The van der Waals surface area contributed by atoms with Gasteiger partial charge in [-0.3, -0.25) is 4.79 Å². The van der Waals surface area contributed by atoms with Gasteiger partial charge >= 0.3 is 0 Å². The smallest absolute Gasteiger partial charge is 0.195 e. The van der Waals surface area contributed by atoms with Crippen LogP contribution >= 0.6 is 0 Å². The zero-order chi connectivity index (χ0) is 17.3. The monoisotopic (exact) mass is 321 g/mol. The van der Waals surface area contributed by atoms with E-state index in [1.807, 2.05) is 37.3 Å². The zero-order valence-corrected chi connectivity index (χ0v) is 14.7. The van der Waals surface area contributed by atoms with E-state index in [0.29, 0.717) is 5.56 Å². The Morgan fingerprint density at radius 1 is 1.12 bits per heavy atom. The summed E-state index contributed by atoms with van der Waals surface area (Å²) in [4.78, 5) is 13.2. The maximum absolute atomic E-state index is 13.2. The number of methoxy groups -OCH3 is 1. The number of hydrogen-bond donors (Lipinski definition) is 0. The van der Waals surface area contributed by atoms with E-state index in [1.54, 1.807) is 7.11 Å². The second-order valence-corrected chi connectivity index (χ2v) is 6.14. The van der Waals surface area contributed by atoms with Gasteiger partial charge in [-0.05, 0) is 32.4 Å². The fraction of sp³-hybridized carbons (Fsp3) is 0.286. The molecule has 0 fully saturated rings. The van der Waals surface area contributed by atoms with Crippen LogP contribution < -0.4 is 0 Å². The van der Waals surface area contributed by atoms with Crippen molar-refractivity contribution >= 4 is 16.7 Å². The summed E-state index contributed by atoms with van der Waals surface area (Å²) < 4.78 is 7.80. The number of fused-ring (bicyclic) bond motifs is 1. The van der Waals surface area contributed by atoms with Crippen LogP contribution in [-0.2, 0) is 4.74 Å². The first-order chi connectivity index (χ1) is 11.6. The molecule has 0 saturated heterocycles. The molecule has 1 heterocycles. The summed E-state index contributed by atoms with van der Waals surface area (Å²) in [5, 5.41) is 0.997. The van der Waals surface area contributed by atoms with Crippen molar-refractivity contribution in [3.05, 3.63) is 70.9 Å². The minimum Gasteiger partial charge on any atom is -0.361 e. The van der Waals surface area contributed by atoms with Crippen LogP contribution in [-0.4, -0.2) is 17.5 Å². The molecule has 24 heavy (non-hydrogen) atoms. The van der Waals surface area contributed by atoms with Crippen LogP contribution in [0.5, 0.6) is 0 Å². The van der Waals surface area contributed by atoms with Crippen LogP contribution in [0.25, 0.3) is 10.9 Å². The average molecular weight is 321 g/mol. The lowest BCUT2D eigenvalue weighted by Gasteiger charge is -2.19. The SMILES string of the molecule is CCC(OC)n1c(C)c(C(=O)c2ccccc2)c2cc(C)ccc21. The van der Waals surface area contributed by atoms with E-state index >= 15 is 0 Å². The Morgan fingerprint density at radius 3 is 2.46 bits per heavy atom. The van der Waals surface area contributed by atoms with Crippen LogP contribution in [0.4, 0.5) is 0 Å². The molecular formula is C21H23NO2. The Balaban J connectivity index is 2.29. The van der Waals surface area contributed by atoms with Crippen LogP contribution in [0.3, 0.4) is 0 Å². The Hall–Kier alpha value is -2.39. The molecule has 2 aromatic carbocycles. The normalized spacial score (nSPS) is 12.5. The molecule has 0 aliphatic carbocycles. The highest BCUT2D eigenvalue weighted by molar-refractivity contribution is 6.17. The van der Waals surface area contributed by atoms with Gasteiger partial charge in [-0.15, -0.1) is 0 Å². The first-order valence-corrected chi connectivity index (χ1v) is 8.32. The molecule has 1 atom stereocenters. The molecule has 0 saturated carbocycles. The van der Waals surface area contributed by atoms with Crippen molar-refractivity contribution in [2.75, 3.05) is 7.11 Å². The molecule has 0 spiro atoms. The summed E-state index contributed by atoms with van der Waals surface area (Å²) in [7, 11) is 1.71. The van der Waals surface area contributed by atoms with Crippen LogP contribution in [0.15, 0.2) is 48.5 Å². The third-order valence-corrected chi connectivity index (χ3v) is 4.58. The minimum atomic E-state index is -0.0764. The molecule has 0 aliphatic rings. The minimum absolute atomic E-state index is 0.0633. The second-order valence-electron chi connectivity index (χ2n) is 6.14. The van der Waals surface area contributed by atoms with Gasteiger partial charge in [-0.2, -0.15) is 0 Å². The molecule has 0 radical (unpaired) electrons. The molecule has 1 aromatic heterocycles. The quantitative estimate of drug-likeness (QED) is 0.616. The Bertz CT molecular complexity index is 874. The van der Waals surface area contributed by atoms with Crippen LogP contribution in [0, 0.1) is 13.8 Å². The summed E-state index contributed by atoms with van der Waals surface area (Å²) >= 11 is 0. The molecule has 3 rings (SSSR count). The van der Waals surface area contributed by atoms with Crippen LogP contribution in [0.2, 0.25) is 0 Å². The van der Waals surface area contributed by atoms with E-state index in [-0.39, 0.29) is 12.0 Å². The third-order valence-electron chi connectivity index (χ3n) is 4.58. The van der Waals surface area contributed by atoms with Crippen molar-refractivity contribution in [3.8, 4) is 0 Å². The number of aryl methyl sites for hydroxylation is 1. The summed E-state index contributed by atoms with van der Waals surface area (Å²) in [6.45, 7) is 6.15. The van der Waals surface area contributed by atoms with Gasteiger partial charge in [-0.25, -0.2) is 0 Å². The van der Waals surface area contributed by atoms with Gasteiger partial charge in [0.15, 0.2) is 5.78 Å². The van der Waals surface area contributed by atoms with E-state index in [0.717, 1.165) is 34.1 Å². The highest BCUT2D eigenvalue weighted by Gasteiger charge is 2.24. The summed E-state index contributed by atoms with van der Waals surface area (Å²) in [6.07, 6.45) is 0.765. The van der Waals surface area contributed by atoms with Gasteiger partial charge in [0, 0.05) is 23.8 Å². The maximum atomic E-state index is 13.2. The standard InChI is InChI=1S/C21H23NO2/c1-5-19(24-4)22-15(3)20(17-13-14(2)11-12-18(17)22)21(23)16-9-7-6-8-10-16/h6-13,19H,5H2,1-4H3. The Labute approximate surface area is 142 Å². The lowest BCUT2D eigenvalue weighted by Crippen LogP contribution is -2.12. The fourth-order valence-corrected chi connectivity index (χ4v) is 3.40. The number of carbonyl (C=O) groups is 1. The van der Waals surface area contributed by atoms with Gasteiger partial charge in [0.05, 0.1) is 11.1 Å². The summed E-state index contributed by atoms with van der Waals surface area (Å²) in [5.41, 5.74) is 4.64. The number of ether oxygens (including phenoxy) is 1. The zero-order valence-electron chi connectivity index (χ0n) is 14.7. The van der Waals surface area contributed by atoms with E-state index in [4.69, 9.17) is 4.74 Å². The van der Waals surface area contributed by atoms with Crippen molar-refractivity contribution < 1.29 is 9.53 Å². The van der Waals surface area contributed by atoms with Gasteiger partial charge in [0.25, 0.3) is 0 Å². The molecule has 1 unspecified atom stereocenters. The molecule has 124 valence electrons. The molecule has 0 bridgehead atoms. The highest BCUT2D eigenvalue weighted by Crippen LogP contribution is 2.32. The Kier molecular flexibility index (Phi) is 4.54. The molecule has 0 N–H and O–H groups in total. The number of rotatable bonds is 5. The average Bonchev–Trinajstić information content (AvgIpc) is 2.88. The second kappa shape index (κ2) is 6.62. The van der Waals surface area contributed by atoms with Gasteiger partial charge < -0.3 is 9.30 Å². The number of ketones is 1. The number of hydrogen-bond acceptors (Lipinski definition) is 2. The first-order valence-electron chi connectivity index (χ1n) is 8.32. The molecule has 3 nitrogen and oxygen atoms in total. The van der Waals surface area contributed by atoms with E-state index in [1.165, 1.54) is 0 Å². The first kappa shape index (κ1) is 16.5. The van der Waals surface area contributed by atoms with Crippen molar-refractivity contribution in [1.82, 2.24) is 4.57 Å². The molecule has 3 heteroatoms. The lowest BCUT2D eigenvalue weighted by molar-refractivity contribution is 0.0432. The predicted molar refractivity (Wildman–Crippen MR) is 97.6 cm³/mol. The fourth-order valence-electron chi connectivity index (χ4n) is 3.40. The van der Waals surface area contributed by atoms with Gasteiger partial charge in [0.1, 0.15) is 6.23 Å². The molecule has 3 aromatic rings. The van der Waals surface area contributed by atoms with Gasteiger partial charge in [-0.1, -0.05) is 48.9 Å². The Morgan fingerprint density at radius 2 is 1.83 bits per heavy atom. The molecular weight excluding hydrogens is 298 g/mol. The number of carbonyl (C=O) groups excluding carboxylic acids is 1. The number of benzene rings is 2. The lowest BCUT2D eigenvalue weighted by atomic mass is 10.00. The highest BCUT2D eigenvalue weighted by atomic mass is 16.5. The maximum Gasteiger partial charge on any atom is 0.195 e. The van der Waals surface area contributed by atoms with Crippen molar-refractivity contribution in [2.24, 2.45) is 0 Å². The summed E-state index contributed by atoms with van der Waals surface area (Å²) in [5.74, 6) is 0.0633. The van der Waals surface area contributed by atoms with E-state index in [9.17, 15) is 4.79 Å². The predicted octanol–water partition coefficient (Wildman–Crippen LogP) is 5.04. The van der Waals surface area contributed by atoms with E-state index < -0.39 is 0 Å². The van der Waals surface area contributed by atoms with Gasteiger partial charge in [0.2, 0.25) is 0 Å². The van der Waals surface area contributed by atoms with E-state index in [2.05, 4.69) is 36.6 Å². The van der Waals surface area contributed by atoms with Crippen molar-refractivity contribution in [3.63, 3.8) is 0 Å². The molecule has 0 aliphatic heterocycles. The number of nitrogens with zero attached hydrogens (tertiary/aromatic N) is 1. The number of aromatic nitrogens is 1. The third kappa shape index (κ3) is 2.65. The van der Waals surface area contributed by atoms with Crippen molar-refractivity contribution in [2.45, 2.75) is 33.4 Å². The topological polar surface area (TPSA) is 31.2 Å².